The summed E-state index contributed by atoms with van der Waals surface area (Å²) in [5.74, 6) is -1.12. The minimum absolute atomic E-state index is 0.150. The molecule has 3 rings (SSSR count). The lowest BCUT2D eigenvalue weighted by molar-refractivity contribution is -0.121. The van der Waals surface area contributed by atoms with Crippen molar-refractivity contribution in [2.45, 2.75) is 19.8 Å². The van der Waals surface area contributed by atoms with Crippen LogP contribution in [0.4, 0.5) is 8.78 Å². The molecule has 0 aromatic heterocycles. The Labute approximate surface area is 126 Å². The number of hydrazone groups is 1. The Bertz CT molecular complexity index is 784. The summed E-state index contributed by atoms with van der Waals surface area (Å²) in [6, 6.07) is 9.15. The van der Waals surface area contributed by atoms with E-state index in [2.05, 4.69) is 10.5 Å². The Kier molecular flexibility index (Phi) is 3.71. The highest BCUT2D eigenvalue weighted by Crippen LogP contribution is 2.28. The highest BCUT2D eigenvalue weighted by Gasteiger charge is 2.16. The quantitative estimate of drug-likeness (QED) is 0.905. The zero-order chi connectivity index (χ0) is 15.7. The van der Waals surface area contributed by atoms with Gasteiger partial charge in [0.15, 0.2) is 0 Å². The highest BCUT2D eigenvalue weighted by molar-refractivity contribution is 6.04. The third-order valence-corrected chi connectivity index (χ3v) is 3.62. The topological polar surface area (TPSA) is 41.5 Å². The molecule has 0 spiro atoms. The van der Waals surface area contributed by atoms with E-state index in [0.717, 1.165) is 5.56 Å². The first-order valence-electron chi connectivity index (χ1n) is 6.96. The molecule has 0 atom stereocenters. The Balaban J connectivity index is 1.99. The summed E-state index contributed by atoms with van der Waals surface area (Å²) in [6.45, 7) is 1.83. The van der Waals surface area contributed by atoms with Crippen molar-refractivity contribution in [3.8, 4) is 11.1 Å². The van der Waals surface area contributed by atoms with E-state index in [1.54, 1.807) is 24.3 Å². The summed E-state index contributed by atoms with van der Waals surface area (Å²) >= 11 is 0. The smallest absolute Gasteiger partial charge is 0.240 e. The lowest BCUT2D eigenvalue weighted by Crippen LogP contribution is -2.25. The van der Waals surface area contributed by atoms with Gasteiger partial charge < -0.3 is 0 Å². The summed E-state index contributed by atoms with van der Waals surface area (Å²) < 4.78 is 28.3. The second-order valence-corrected chi connectivity index (χ2v) is 5.27. The fourth-order valence-electron chi connectivity index (χ4n) is 2.44. The molecule has 1 aliphatic rings. The van der Waals surface area contributed by atoms with E-state index >= 15 is 0 Å². The third kappa shape index (κ3) is 2.74. The molecule has 0 unspecified atom stereocenters. The van der Waals surface area contributed by atoms with Crippen molar-refractivity contribution in [2.24, 2.45) is 5.10 Å². The van der Waals surface area contributed by atoms with Gasteiger partial charge in [-0.05, 0) is 25.1 Å². The van der Waals surface area contributed by atoms with Gasteiger partial charge in [0.1, 0.15) is 11.6 Å². The van der Waals surface area contributed by atoms with Crippen LogP contribution < -0.4 is 5.43 Å². The summed E-state index contributed by atoms with van der Waals surface area (Å²) in [7, 11) is 0. The minimum Gasteiger partial charge on any atom is -0.273 e. The number of hydrogen-bond donors (Lipinski definition) is 1. The first kappa shape index (κ1) is 14.4. The molecule has 0 saturated heterocycles. The molecule has 2 aromatic carbocycles. The minimum atomic E-state index is -0.512. The predicted molar refractivity (Wildman–Crippen MR) is 80.4 cm³/mol. The SMILES string of the molecule is Cc1ccc(F)c(-c2ccc(C3=NNC(=O)CC3)cc2F)c1. The van der Waals surface area contributed by atoms with Gasteiger partial charge in [0, 0.05) is 29.5 Å². The zero-order valence-corrected chi connectivity index (χ0v) is 12.0. The molecule has 5 heteroatoms. The summed E-state index contributed by atoms with van der Waals surface area (Å²) in [5.41, 5.74) is 4.90. The van der Waals surface area contributed by atoms with Gasteiger partial charge in [0.25, 0.3) is 0 Å². The number of carbonyl (C=O) groups excluding carboxylic acids is 1. The molecule has 1 heterocycles. The molecule has 3 nitrogen and oxygen atoms in total. The molecular formula is C17H14F2N2O. The number of aryl methyl sites for hydroxylation is 1. The Morgan fingerprint density at radius 2 is 1.82 bits per heavy atom. The van der Waals surface area contributed by atoms with E-state index in [1.165, 1.54) is 12.1 Å². The van der Waals surface area contributed by atoms with Crippen LogP contribution in [0.15, 0.2) is 41.5 Å². The van der Waals surface area contributed by atoms with Crippen LogP contribution >= 0.6 is 0 Å². The highest BCUT2D eigenvalue weighted by atomic mass is 19.1. The van der Waals surface area contributed by atoms with E-state index in [4.69, 9.17) is 0 Å². The van der Waals surface area contributed by atoms with Crippen LogP contribution in [-0.2, 0) is 4.79 Å². The van der Waals surface area contributed by atoms with Gasteiger partial charge in [-0.1, -0.05) is 23.8 Å². The molecule has 22 heavy (non-hydrogen) atoms. The van der Waals surface area contributed by atoms with Crippen molar-refractivity contribution in [1.29, 1.82) is 0 Å². The first-order chi connectivity index (χ1) is 10.5. The molecule has 0 saturated carbocycles. The number of halogens is 2. The molecule has 0 fully saturated rings. The van der Waals surface area contributed by atoms with Crippen LogP contribution in [0.3, 0.4) is 0 Å². The van der Waals surface area contributed by atoms with Crippen molar-refractivity contribution in [3.63, 3.8) is 0 Å². The number of benzene rings is 2. The summed E-state index contributed by atoms with van der Waals surface area (Å²) in [6.07, 6.45) is 0.790. The normalized spacial score (nSPS) is 14.5. The number of nitrogens with zero attached hydrogens (tertiary/aromatic N) is 1. The maximum atomic E-state index is 14.4. The second kappa shape index (κ2) is 5.67. The molecular weight excluding hydrogens is 286 g/mol. The zero-order valence-electron chi connectivity index (χ0n) is 12.0. The van der Waals surface area contributed by atoms with Crippen molar-refractivity contribution in [1.82, 2.24) is 5.43 Å². The number of rotatable bonds is 2. The van der Waals surface area contributed by atoms with E-state index in [0.29, 0.717) is 24.1 Å². The Morgan fingerprint density at radius 1 is 1.00 bits per heavy atom. The predicted octanol–water partition coefficient (Wildman–Crippen LogP) is 3.55. The second-order valence-electron chi connectivity index (χ2n) is 5.27. The van der Waals surface area contributed by atoms with E-state index in [1.807, 2.05) is 6.92 Å². The molecule has 0 aliphatic carbocycles. The van der Waals surface area contributed by atoms with E-state index in [9.17, 15) is 13.6 Å². The molecule has 1 aliphatic heterocycles. The van der Waals surface area contributed by atoms with Crippen molar-refractivity contribution in [3.05, 3.63) is 59.2 Å². The molecule has 112 valence electrons. The van der Waals surface area contributed by atoms with Gasteiger partial charge in [0.2, 0.25) is 5.91 Å². The fourth-order valence-corrected chi connectivity index (χ4v) is 2.44. The van der Waals surface area contributed by atoms with Crippen molar-refractivity contribution < 1.29 is 13.6 Å². The van der Waals surface area contributed by atoms with Gasteiger partial charge in [-0.15, -0.1) is 0 Å². The van der Waals surface area contributed by atoms with Gasteiger partial charge in [-0.2, -0.15) is 5.10 Å². The fraction of sp³-hybridized carbons (Fsp3) is 0.176. The number of nitrogens with one attached hydrogen (secondary N) is 1. The Morgan fingerprint density at radius 3 is 2.50 bits per heavy atom. The van der Waals surface area contributed by atoms with E-state index in [-0.39, 0.29) is 17.0 Å². The van der Waals surface area contributed by atoms with Gasteiger partial charge in [-0.25, -0.2) is 14.2 Å². The van der Waals surface area contributed by atoms with E-state index < -0.39 is 11.6 Å². The maximum absolute atomic E-state index is 14.4. The standard InChI is InChI=1S/C17H14F2N2O/c1-10-2-5-14(18)13(8-10)12-4-3-11(9-15(12)19)16-6-7-17(22)21-20-16/h2-5,8-9H,6-7H2,1H3,(H,21,22). The van der Waals surface area contributed by atoms with Crippen LogP contribution in [0.2, 0.25) is 0 Å². The maximum Gasteiger partial charge on any atom is 0.240 e. The summed E-state index contributed by atoms with van der Waals surface area (Å²) in [4.78, 5) is 11.1. The largest absolute Gasteiger partial charge is 0.273 e. The number of amides is 1. The lowest BCUT2D eigenvalue weighted by atomic mass is 9.98. The first-order valence-corrected chi connectivity index (χ1v) is 6.96. The average Bonchev–Trinajstić information content (AvgIpc) is 2.51. The molecule has 1 N–H and O–H groups in total. The number of hydrogen-bond acceptors (Lipinski definition) is 2. The van der Waals surface area contributed by atoms with Crippen LogP contribution in [-0.4, -0.2) is 11.6 Å². The van der Waals surface area contributed by atoms with Crippen molar-refractivity contribution in [2.75, 3.05) is 0 Å². The summed E-state index contributed by atoms with van der Waals surface area (Å²) in [5, 5.41) is 3.93. The Hall–Kier alpha value is -2.56. The van der Waals surface area contributed by atoms with Gasteiger partial charge in [-0.3, -0.25) is 4.79 Å². The third-order valence-electron chi connectivity index (χ3n) is 3.62. The lowest BCUT2D eigenvalue weighted by Gasteiger charge is -2.13. The molecule has 2 aromatic rings. The molecule has 1 amide bonds. The molecule has 0 radical (unpaired) electrons. The van der Waals surface area contributed by atoms with Gasteiger partial charge >= 0.3 is 0 Å². The van der Waals surface area contributed by atoms with Crippen LogP contribution in [0, 0.1) is 18.6 Å². The average molecular weight is 300 g/mol. The van der Waals surface area contributed by atoms with Crippen LogP contribution in [0.25, 0.3) is 11.1 Å². The van der Waals surface area contributed by atoms with Gasteiger partial charge in [0.05, 0.1) is 5.71 Å². The van der Waals surface area contributed by atoms with Crippen molar-refractivity contribution >= 4 is 11.6 Å². The number of carbonyl (C=O) groups is 1. The monoisotopic (exact) mass is 300 g/mol. The van der Waals surface area contributed by atoms with Crippen LogP contribution in [0.1, 0.15) is 24.0 Å². The van der Waals surface area contributed by atoms with Crippen LogP contribution in [0.5, 0.6) is 0 Å². The molecule has 0 bridgehead atoms.